The second-order valence-electron chi connectivity index (χ2n) is 11.4. The van der Waals surface area contributed by atoms with Crippen LogP contribution in [0.4, 0.5) is 0 Å². The molecule has 0 spiro atoms. The summed E-state index contributed by atoms with van der Waals surface area (Å²) in [6, 6.07) is 23.1. The summed E-state index contributed by atoms with van der Waals surface area (Å²) in [5.41, 5.74) is 5.96. The van der Waals surface area contributed by atoms with Crippen LogP contribution in [-0.4, -0.2) is 44.2 Å². The Morgan fingerprint density at radius 1 is 0.900 bits per heavy atom. The Hall–Kier alpha value is -6.10. The van der Waals surface area contributed by atoms with E-state index in [9.17, 15) is 4.79 Å². The van der Waals surface area contributed by atoms with Gasteiger partial charge in [-0.25, -0.2) is 9.67 Å². The first-order valence-electron chi connectivity index (χ1n) is 16.4. The quantitative estimate of drug-likeness (QED) is 0.102. The number of ether oxygens (including phenoxy) is 4. The molecule has 3 aromatic heterocycles. The first-order valence-corrected chi connectivity index (χ1v) is 16.4. The van der Waals surface area contributed by atoms with Gasteiger partial charge in [-0.3, -0.25) is 9.48 Å². The van der Waals surface area contributed by atoms with Gasteiger partial charge in [0.15, 0.2) is 11.5 Å². The lowest BCUT2D eigenvalue weighted by Gasteiger charge is -2.12. The highest BCUT2D eigenvalue weighted by molar-refractivity contribution is 5.73. The number of aromatic nitrogens is 5. The largest absolute Gasteiger partial charge is 0.493 e. The maximum atomic E-state index is 11.8. The molecule has 0 bridgehead atoms. The number of esters is 1. The van der Waals surface area contributed by atoms with Gasteiger partial charge in [-0.15, -0.1) is 5.10 Å². The van der Waals surface area contributed by atoms with Crippen molar-refractivity contribution in [1.82, 2.24) is 24.5 Å². The summed E-state index contributed by atoms with van der Waals surface area (Å²) in [4.78, 5) is 16.5. The van der Waals surface area contributed by atoms with Crippen molar-refractivity contribution >= 4 is 18.1 Å². The number of hydrogen-bond acceptors (Lipinski definition) is 9. The van der Waals surface area contributed by atoms with Gasteiger partial charge in [0, 0.05) is 30.1 Å². The van der Waals surface area contributed by atoms with Crippen LogP contribution >= 0.6 is 0 Å². The minimum absolute atomic E-state index is 0.187. The smallest absolute Gasteiger partial charge is 0.310 e. The maximum absolute atomic E-state index is 11.8. The zero-order valence-electron chi connectivity index (χ0n) is 28.5. The highest BCUT2D eigenvalue weighted by Gasteiger charge is 2.16. The van der Waals surface area contributed by atoms with Crippen molar-refractivity contribution < 1.29 is 28.2 Å². The molecular weight excluding hydrogens is 634 g/mol. The summed E-state index contributed by atoms with van der Waals surface area (Å²) in [7, 11) is 1.60. The number of aryl methyl sites for hydroxylation is 2. The Labute approximate surface area is 290 Å². The van der Waals surface area contributed by atoms with Gasteiger partial charge in [0.1, 0.15) is 24.7 Å². The van der Waals surface area contributed by atoms with Gasteiger partial charge in [0.2, 0.25) is 11.8 Å². The van der Waals surface area contributed by atoms with Crippen molar-refractivity contribution in [1.29, 1.82) is 0 Å². The summed E-state index contributed by atoms with van der Waals surface area (Å²) in [6.45, 7) is 7.31. The molecule has 0 amide bonds. The summed E-state index contributed by atoms with van der Waals surface area (Å²) in [5.74, 6) is 2.49. The maximum Gasteiger partial charge on any atom is 0.310 e. The van der Waals surface area contributed by atoms with E-state index < -0.39 is 0 Å². The Morgan fingerprint density at radius 2 is 1.70 bits per heavy atom. The van der Waals surface area contributed by atoms with Crippen LogP contribution in [0.3, 0.4) is 0 Å². The molecule has 0 fully saturated rings. The van der Waals surface area contributed by atoms with E-state index >= 15 is 0 Å². The van der Waals surface area contributed by atoms with Gasteiger partial charge >= 0.3 is 5.97 Å². The fourth-order valence-electron chi connectivity index (χ4n) is 5.18. The standard InChI is InChI=1S/C39H39N5O6/c1-5-43-23-30(22-40-43)14-18-32-24-44(33-10-8-7-9-11-33)42-39(32)49-25-29-15-19-35(36(20-29)46-4)48-26-34-27(3)50-38(41-34)31-16-12-28(13-17-31)21-37(45)47-6-2/h7-20,22-24H,5-6,21,25-26H2,1-4H3/b18-14+. The lowest BCUT2D eigenvalue weighted by molar-refractivity contribution is -0.142. The lowest BCUT2D eigenvalue weighted by atomic mass is 10.1. The van der Waals surface area contributed by atoms with E-state index in [0.717, 1.165) is 40.0 Å². The molecule has 6 aromatic rings. The topological polar surface area (TPSA) is 116 Å². The number of benzene rings is 3. The van der Waals surface area contributed by atoms with Gasteiger partial charge in [0.05, 0.1) is 37.6 Å². The minimum atomic E-state index is -0.257. The third-order valence-corrected chi connectivity index (χ3v) is 7.88. The molecule has 50 heavy (non-hydrogen) atoms. The SMILES string of the molecule is CCOC(=O)Cc1ccc(-c2nc(COc3ccc(COc4nn(-c5ccccc5)cc4/C=C/c4cnn(CC)c4)cc3OC)c(C)o2)cc1. The van der Waals surface area contributed by atoms with Gasteiger partial charge < -0.3 is 23.4 Å². The molecule has 11 heteroatoms. The van der Waals surface area contributed by atoms with Crippen LogP contribution in [0.25, 0.3) is 29.3 Å². The predicted molar refractivity (Wildman–Crippen MR) is 189 cm³/mol. The van der Waals surface area contributed by atoms with Gasteiger partial charge in [-0.05, 0) is 74.4 Å². The van der Waals surface area contributed by atoms with E-state index in [-0.39, 0.29) is 25.6 Å². The fraction of sp³-hybridized carbons (Fsp3) is 0.231. The summed E-state index contributed by atoms with van der Waals surface area (Å²) in [6.07, 6.45) is 9.96. The van der Waals surface area contributed by atoms with Crippen LogP contribution in [0, 0.1) is 6.92 Å². The average Bonchev–Trinajstić information content (AvgIpc) is 3.88. The second kappa shape index (κ2) is 15.9. The molecule has 0 saturated carbocycles. The van der Waals surface area contributed by atoms with Gasteiger partial charge in [0.25, 0.3) is 0 Å². The van der Waals surface area contributed by atoms with E-state index in [2.05, 4.69) is 17.0 Å². The molecule has 3 heterocycles. The van der Waals surface area contributed by atoms with Gasteiger partial charge in [-0.2, -0.15) is 5.10 Å². The normalized spacial score (nSPS) is 11.2. The molecule has 3 aromatic carbocycles. The zero-order valence-corrected chi connectivity index (χ0v) is 28.5. The molecule has 0 aliphatic carbocycles. The van der Waals surface area contributed by atoms with Crippen molar-refractivity contribution in [3.05, 3.63) is 125 Å². The van der Waals surface area contributed by atoms with E-state index in [0.29, 0.717) is 41.3 Å². The Bertz CT molecular complexity index is 2060. The Balaban J connectivity index is 1.12. The Morgan fingerprint density at radius 3 is 2.44 bits per heavy atom. The van der Waals surface area contributed by atoms with Crippen LogP contribution < -0.4 is 14.2 Å². The first kappa shape index (κ1) is 33.8. The van der Waals surface area contributed by atoms with E-state index in [4.69, 9.17) is 28.5 Å². The summed E-state index contributed by atoms with van der Waals surface area (Å²) in [5, 5.41) is 9.09. The lowest BCUT2D eigenvalue weighted by Crippen LogP contribution is -2.07. The molecule has 0 saturated heterocycles. The highest BCUT2D eigenvalue weighted by atomic mass is 16.5. The number of carbonyl (C=O) groups is 1. The third kappa shape index (κ3) is 8.30. The van der Waals surface area contributed by atoms with Crippen molar-refractivity contribution in [2.24, 2.45) is 0 Å². The van der Waals surface area contributed by atoms with Crippen LogP contribution in [0.2, 0.25) is 0 Å². The molecule has 0 unspecified atom stereocenters. The minimum Gasteiger partial charge on any atom is -0.493 e. The highest BCUT2D eigenvalue weighted by Crippen LogP contribution is 2.31. The van der Waals surface area contributed by atoms with Crippen molar-refractivity contribution in [2.75, 3.05) is 13.7 Å². The molecule has 0 atom stereocenters. The number of carbonyl (C=O) groups excluding carboxylic acids is 1. The predicted octanol–water partition coefficient (Wildman–Crippen LogP) is 7.49. The molecule has 0 aliphatic heterocycles. The summed E-state index contributed by atoms with van der Waals surface area (Å²) >= 11 is 0. The zero-order chi connectivity index (χ0) is 34.9. The van der Waals surface area contributed by atoms with Crippen molar-refractivity contribution in [2.45, 2.75) is 47.0 Å². The van der Waals surface area contributed by atoms with E-state index in [1.165, 1.54) is 0 Å². The molecule has 0 N–H and O–H groups in total. The van der Waals surface area contributed by atoms with Crippen molar-refractivity contribution in [3.63, 3.8) is 0 Å². The first-order chi connectivity index (χ1) is 24.4. The molecule has 0 aliphatic rings. The number of rotatable bonds is 15. The molecule has 0 radical (unpaired) electrons. The van der Waals surface area contributed by atoms with Crippen LogP contribution in [-0.2, 0) is 35.7 Å². The Kier molecular flexibility index (Phi) is 10.7. The fourth-order valence-corrected chi connectivity index (χ4v) is 5.18. The number of oxazole rings is 1. The molecule has 256 valence electrons. The number of methoxy groups -OCH3 is 1. The number of nitrogens with zero attached hydrogens (tertiary/aromatic N) is 5. The molecular formula is C39H39N5O6. The van der Waals surface area contributed by atoms with Gasteiger partial charge in [-0.1, -0.05) is 42.5 Å². The number of hydrogen-bond donors (Lipinski definition) is 0. The van der Waals surface area contributed by atoms with Crippen molar-refractivity contribution in [3.8, 4) is 34.5 Å². The number of para-hydroxylation sites is 1. The monoisotopic (exact) mass is 673 g/mol. The second-order valence-corrected chi connectivity index (χ2v) is 11.4. The van der Waals surface area contributed by atoms with Crippen LogP contribution in [0.5, 0.6) is 17.4 Å². The average molecular weight is 674 g/mol. The molecule has 11 nitrogen and oxygen atoms in total. The third-order valence-electron chi connectivity index (χ3n) is 7.88. The van der Waals surface area contributed by atoms with E-state index in [1.54, 1.807) is 18.7 Å². The van der Waals surface area contributed by atoms with Crippen LogP contribution in [0.15, 0.2) is 95.8 Å². The van der Waals surface area contributed by atoms with E-state index in [1.807, 2.05) is 115 Å². The van der Waals surface area contributed by atoms with Crippen LogP contribution in [0.1, 0.15) is 47.6 Å². The summed E-state index contributed by atoms with van der Waals surface area (Å²) < 4.78 is 32.7. The molecule has 6 rings (SSSR count).